The topological polar surface area (TPSA) is 99.3 Å². The highest BCUT2D eigenvalue weighted by Gasteiger charge is 2.32. The number of carbonyl (C=O) groups excluding carboxylic acids is 4. The maximum absolute atomic E-state index is 12.0. The van der Waals surface area contributed by atoms with Gasteiger partial charge in [-0.1, -0.05) is 0 Å². The molecule has 1 N–H and O–H groups in total. The van der Waals surface area contributed by atoms with Crippen LogP contribution in [-0.4, -0.2) is 73.4 Å². The number of hydrogen-bond donors (Lipinski definition) is 1. The zero-order valence-corrected chi connectivity index (χ0v) is 16.6. The smallest absolute Gasteiger partial charge is 0.326 e. The Morgan fingerprint density at radius 2 is 1.79 bits per heavy atom. The lowest BCUT2D eigenvalue weighted by molar-refractivity contribution is -0.147. The van der Waals surface area contributed by atoms with Crippen molar-refractivity contribution in [2.24, 2.45) is 0 Å². The van der Waals surface area contributed by atoms with Crippen molar-refractivity contribution >= 4 is 35.2 Å². The number of ether oxygens (including phenoxy) is 1. The summed E-state index contributed by atoms with van der Waals surface area (Å²) >= 11 is 0. The van der Waals surface area contributed by atoms with E-state index in [9.17, 15) is 19.2 Å². The Kier molecular flexibility index (Phi) is 6.69. The van der Waals surface area contributed by atoms with Crippen molar-refractivity contribution in [3.8, 4) is 0 Å². The first kappa shape index (κ1) is 20.6. The van der Waals surface area contributed by atoms with E-state index < -0.39 is 11.9 Å². The Labute approximate surface area is 169 Å². The summed E-state index contributed by atoms with van der Waals surface area (Å²) in [5, 5.41) is 2.69. The first-order chi connectivity index (χ1) is 13.9. The minimum atomic E-state index is -0.544. The van der Waals surface area contributed by atoms with Crippen molar-refractivity contribution in [1.82, 2.24) is 9.80 Å². The number of nitrogens with one attached hydrogen (secondary N) is 1. The zero-order valence-electron chi connectivity index (χ0n) is 16.6. The number of nitrogens with zero attached hydrogens (tertiary/aromatic N) is 3. The van der Waals surface area contributed by atoms with E-state index in [4.69, 9.17) is 4.74 Å². The molecule has 1 aromatic carbocycles. The second-order valence-electron chi connectivity index (χ2n) is 7.24. The van der Waals surface area contributed by atoms with Gasteiger partial charge < -0.3 is 19.9 Å². The molecule has 0 radical (unpaired) electrons. The van der Waals surface area contributed by atoms with Crippen molar-refractivity contribution in [2.45, 2.75) is 25.7 Å². The Balaban J connectivity index is 1.34. The molecule has 0 atom stereocenters. The number of amides is 4. The number of benzene rings is 1. The number of hydrogen-bond acceptors (Lipinski definition) is 6. The van der Waals surface area contributed by atoms with Crippen molar-refractivity contribution in [2.75, 3.05) is 50.1 Å². The van der Waals surface area contributed by atoms with Gasteiger partial charge in [-0.2, -0.15) is 0 Å². The third kappa shape index (κ3) is 5.46. The lowest BCUT2D eigenvalue weighted by atomic mass is 10.2. The molecule has 9 heteroatoms. The molecule has 0 aliphatic carbocycles. The standard InChI is InChI=1S/C20H26N4O5/c1-22-13-18(26)24(20(22)28)12-4-5-19(27)29-14-17(25)21-15-6-8-16(9-7-15)23-10-2-3-11-23/h6-9H,2-5,10-14H2,1H3,(H,21,25). The van der Waals surface area contributed by atoms with Gasteiger partial charge in [0, 0.05) is 44.5 Å². The molecule has 2 aliphatic rings. The van der Waals surface area contributed by atoms with Crippen LogP contribution < -0.4 is 10.2 Å². The average molecular weight is 402 g/mol. The summed E-state index contributed by atoms with van der Waals surface area (Å²) in [4.78, 5) is 51.9. The van der Waals surface area contributed by atoms with Crippen LogP contribution in [0.2, 0.25) is 0 Å². The summed E-state index contributed by atoms with van der Waals surface area (Å²) in [6.07, 6.45) is 2.72. The SMILES string of the molecule is CN1CC(=O)N(CCCC(=O)OCC(=O)Nc2ccc(N3CCCC3)cc2)C1=O. The molecule has 0 spiro atoms. The van der Waals surface area contributed by atoms with Gasteiger partial charge in [0.25, 0.3) is 5.91 Å². The van der Waals surface area contributed by atoms with Crippen LogP contribution in [0.4, 0.5) is 16.2 Å². The third-order valence-corrected chi connectivity index (χ3v) is 4.98. The minimum absolute atomic E-state index is 0.0264. The summed E-state index contributed by atoms with van der Waals surface area (Å²) in [6.45, 7) is 1.95. The molecular weight excluding hydrogens is 376 g/mol. The van der Waals surface area contributed by atoms with Crippen LogP contribution in [0.15, 0.2) is 24.3 Å². The minimum Gasteiger partial charge on any atom is -0.456 e. The van der Waals surface area contributed by atoms with Crippen LogP contribution >= 0.6 is 0 Å². The Bertz CT molecular complexity index is 774. The van der Waals surface area contributed by atoms with Gasteiger partial charge in [0.1, 0.15) is 6.54 Å². The molecule has 2 fully saturated rings. The van der Waals surface area contributed by atoms with Gasteiger partial charge in [0.05, 0.1) is 0 Å². The van der Waals surface area contributed by atoms with E-state index in [1.54, 1.807) is 7.05 Å². The highest BCUT2D eigenvalue weighted by molar-refractivity contribution is 6.01. The molecule has 1 aromatic rings. The fourth-order valence-corrected chi connectivity index (χ4v) is 3.42. The van der Waals surface area contributed by atoms with Crippen LogP contribution in [0.25, 0.3) is 0 Å². The monoisotopic (exact) mass is 402 g/mol. The second kappa shape index (κ2) is 9.40. The molecule has 2 heterocycles. The van der Waals surface area contributed by atoms with Gasteiger partial charge in [-0.15, -0.1) is 0 Å². The molecule has 0 saturated carbocycles. The van der Waals surface area contributed by atoms with E-state index in [-0.39, 0.29) is 38.1 Å². The molecule has 3 rings (SSSR count). The van der Waals surface area contributed by atoms with Crippen molar-refractivity contribution < 1.29 is 23.9 Å². The quantitative estimate of drug-likeness (QED) is 0.522. The lowest BCUT2D eigenvalue weighted by Crippen LogP contribution is -2.32. The van der Waals surface area contributed by atoms with E-state index in [1.807, 2.05) is 24.3 Å². The van der Waals surface area contributed by atoms with E-state index in [1.165, 1.54) is 17.7 Å². The first-order valence-corrected chi connectivity index (χ1v) is 9.80. The van der Waals surface area contributed by atoms with Gasteiger partial charge in [-0.25, -0.2) is 4.79 Å². The van der Waals surface area contributed by atoms with E-state index in [0.717, 1.165) is 23.7 Å². The molecule has 156 valence electrons. The Morgan fingerprint density at radius 1 is 1.10 bits per heavy atom. The molecule has 2 aliphatic heterocycles. The number of carbonyl (C=O) groups is 4. The Hall–Kier alpha value is -3.10. The van der Waals surface area contributed by atoms with Crippen LogP contribution in [0.1, 0.15) is 25.7 Å². The highest BCUT2D eigenvalue weighted by atomic mass is 16.5. The number of imide groups is 1. The third-order valence-electron chi connectivity index (χ3n) is 4.98. The number of urea groups is 1. The predicted octanol–water partition coefficient (Wildman–Crippen LogP) is 1.44. The fraction of sp³-hybridized carbons (Fsp3) is 0.500. The Morgan fingerprint density at radius 3 is 2.41 bits per heavy atom. The molecule has 2 saturated heterocycles. The van der Waals surface area contributed by atoms with Gasteiger partial charge in [-0.3, -0.25) is 19.3 Å². The molecule has 4 amide bonds. The molecular formula is C20H26N4O5. The van der Waals surface area contributed by atoms with Crippen molar-refractivity contribution in [1.29, 1.82) is 0 Å². The van der Waals surface area contributed by atoms with E-state index in [2.05, 4.69) is 10.2 Å². The summed E-state index contributed by atoms with van der Waals surface area (Å²) < 4.78 is 4.96. The van der Waals surface area contributed by atoms with Crippen LogP contribution in [0, 0.1) is 0 Å². The normalized spacial score (nSPS) is 16.5. The highest BCUT2D eigenvalue weighted by Crippen LogP contribution is 2.22. The van der Waals surface area contributed by atoms with Crippen LogP contribution in [-0.2, 0) is 19.1 Å². The van der Waals surface area contributed by atoms with E-state index in [0.29, 0.717) is 12.1 Å². The number of anilines is 2. The lowest BCUT2D eigenvalue weighted by Gasteiger charge is -2.17. The average Bonchev–Trinajstić information content (AvgIpc) is 3.31. The molecule has 0 aromatic heterocycles. The van der Waals surface area contributed by atoms with Crippen LogP contribution in [0.3, 0.4) is 0 Å². The summed E-state index contributed by atoms with van der Waals surface area (Å²) in [5.74, 6) is -1.24. The van der Waals surface area contributed by atoms with Gasteiger partial charge in [-0.05, 0) is 43.5 Å². The van der Waals surface area contributed by atoms with Gasteiger partial charge in [0.15, 0.2) is 6.61 Å². The van der Waals surface area contributed by atoms with Gasteiger partial charge >= 0.3 is 12.0 Å². The van der Waals surface area contributed by atoms with Gasteiger partial charge in [0.2, 0.25) is 5.91 Å². The molecule has 0 unspecified atom stereocenters. The van der Waals surface area contributed by atoms with Crippen molar-refractivity contribution in [3.63, 3.8) is 0 Å². The fourth-order valence-electron chi connectivity index (χ4n) is 3.42. The zero-order chi connectivity index (χ0) is 20.8. The first-order valence-electron chi connectivity index (χ1n) is 9.80. The summed E-state index contributed by atoms with van der Waals surface area (Å²) in [6, 6.07) is 7.22. The summed E-state index contributed by atoms with van der Waals surface area (Å²) in [5.41, 5.74) is 1.78. The maximum Gasteiger partial charge on any atom is 0.326 e. The molecule has 29 heavy (non-hydrogen) atoms. The second-order valence-corrected chi connectivity index (χ2v) is 7.24. The maximum atomic E-state index is 12.0. The molecule has 9 nitrogen and oxygen atoms in total. The van der Waals surface area contributed by atoms with E-state index >= 15 is 0 Å². The molecule has 0 bridgehead atoms. The summed E-state index contributed by atoms with van der Waals surface area (Å²) in [7, 11) is 1.55. The van der Waals surface area contributed by atoms with Crippen molar-refractivity contribution in [3.05, 3.63) is 24.3 Å². The number of likely N-dealkylation sites (N-methyl/N-ethyl adjacent to an activating group) is 1. The van der Waals surface area contributed by atoms with Crippen LogP contribution in [0.5, 0.6) is 0 Å². The number of esters is 1. The largest absolute Gasteiger partial charge is 0.456 e. The predicted molar refractivity (Wildman–Crippen MR) is 106 cm³/mol. The number of rotatable bonds is 8.